The van der Waals surface area contributed by atoms with Gasteiger partial charge in [0, 0.05) is 10.9 Å². The van der Waals surface area contributed by atoms with Crippen molar-refractivity contribution in [1.82, 2.24) is 5.32 Å². The maximum absolute atomic E-state index is 11.8. The second-order valence-electron chi connectivity index (χ2n) is 3.99. The van der Waals surface area contributed by atoms with Crippen LogP contribution in [0.2, 0.25) is 5.02 Å². The van der Waals surface area contributed by atoms with E-state index in [1.807, 2.05) is 6.07 Å². The predicted octanol–water partition coefficient (Wildman–Crippen LogP) is 2.20. The molecule has 0 radical (unpaired) electrons. The molecule has 1 aromatic carbocycles. The van der Waals surface area contributed by atoms with Crippen LogP contribution in [0.25, 0.3) is 0 Å². The van der Waals surface area contributed by atoms with Gasteiger partial charge in [0.1, 0.15) is 10.9 Å². The van der Waals surface area contributed by atoms with Crippen LogP contribution in [0.15, 0.2) is 29.8 Å². The van der Waals surface area contributed by atoms with Crippen molar-refractivity contribution in [2.45, 2.75) is 5.92 Å². The van der Waals surface area contributed by atoms with Crippen molar-refractivity contribution in [1.29, 1.82) is 10.7 Å². The molecule has 94 valence electrons. The van der Waals surface area contributed by atoms with Gasteiger partial charge in [-0.1, -0.05) is 36.0 Å². The number of benzene rings is 1. The molecule has 2 unspecified atom stereocenters. The van der Waals surface area contributed by atoms with Crippen LogP contribution < -0.4 is 5.32 Å². The van der Waals surface area contributed by atoms with E-state index >= 15 is 0 Å². The van der Waals surface area contributed by atoms with Crippen molar-refractivity contribution in [3.63, 3.8) is 0 Å². The van der Waals surface area contributed by atoms with E-state index in [1.165, 1.54) is 0 Å². The van der Waals surface area contributed by atoms with Gasteiger partial charge < -0.3 is 5.32 Å². The van der Waals surface area contributed by atoms with Crippen LogP contribution >= 0.6 is 23.8 Å². The van der Waals surface area contributed by atoms with Crippen molar-refractivity contribution in [2.24, 2.45) is 5.92 Å². The average molecular weight is 290 g/mol. The smallest absolute Gasteiger partial charge is 0.243 e. The Bertz CT molecular complexity index is 641. The summed E-state index contributed by atoms with van der Waals surface area (Å²) in [5.41, 5.74) is 1.05. The summed E-state index contributed by atoms with van der Waals surface area (Å²) in [4.78, 5) is 11.9. The zero-order valence-corrected chi connectivity index (χ0v) is 11.2. The summed E-state index contributed by atoms with van der Waals surface area (Å²) in [6, 6.07) is 8.73. The van der Waals surface area contributed by atoms with Gasteiger partial charge >= 0.3 is 0 Å². The number of carbonyl (C=O) groups excluding carboxylic acids is 1. The molecule has 1 heterocycles. The van der Waals surface area contributed by atoms with Crippen LogP contribution in [0.1, 0.15) is 11.5 Å². The van der Waals surface area contributed by atoms with E-state index in [0.29, 0.717) is 16.2 Å². The van der Waals surface area contributed by atoms with E-state index in [4.69, 9.17) is 34.5 Å². The summed E-state index contributed by atoms with van der Waals surface area (Å²) in [6.45, 7) is 0. The molecule has 1 aliphatic rings. The molecule has 1 aliphatic heterocycles. The lowest BCUT2D eigenvalue weighted by Gasteiger charge is -2.28. The largest absolute Gasteiger partial charge is 0.315 e. The number of nitriles is 1. The maximum atomic E-state index is 11.8. The summed E-state index contributed by atoms with van der Waals surface area (Å²) in [7, 11) is 0. The van der Waals surface area contributed by atoms with E-state index in [1.54, 1.807) is 24.3 Å². The molecule has 0 aromatic heterocycles. The Hall–Kier alpha value is -1.99. The SMILES string of the molecule is N#CC1C(=O)NC(=S)C(=C=N)C1c1ccc(Cl)cc1. The topological polar surface area (TPSA) is 76.7 Å². The van der Waals surface area contributed by atoms with Crippen molar-refractivity contribution in [3.8, 4) is 6.07 Å². The Balaban J connectivity index is 2.56. The van der Waals surface area contributed by atoms with Gasteiger partial charge in [-0.3, -0.25) is 10.2 Å². The molecular weight excluding hydrogens is 282 g/mol. The lowest BCUT2D eigenvalue weighted by Crippen LogP contribution is -2.45. The first-order valence-corrected chi connectivity index (χ1v) is 6.17. The highest BCUT2D eigenvalue weighted by Crippen LogP contribution is 2.34. The van der Waals surface area contributed by atoms with Crippen LogP contribution in [0.4, 0.5) is 0 Å². The highest BCUT2D eigenvalue weighted by molar-refractivity contribution is 7.80. The Labute approximate surface area is 120 Å². The minimum absolute atomic E-state index is 0.145. The van der Waals surface area contributed by atoms with E-state index < -0.39 is 17.7 Å². The molecule has 0 spiro atoms. The quantitative estimate of drug-likeness (QED) is 0.473. The normalized spacial score (nSPS) is 22.4. The third kappa shape index (κ3) is 2.42. The van der Waals surface area contributed by atoms with Crippen LogP contribution in [-0.2, 0) is 4.79 Å². The zero-order chi connectivity index (χ0) is 14.0. The number of piperidine rings is 1. The minimum Gasteiger partial charge on any atom is -0.315 e. The second kappa shape index (κ2) is 5.33. The van der Waals surface area contributed by atoms with E-state index in [-0.39, 0.29) is 4.99 Å². The van der Waals surface area contributed by atoms with Gasteiger partial charge in [-0.2, -0.15) is 5.26 Å². The molecule has 2 N–H and O–H groups in total. The average Bonchev–Trinajstić information content (AvgIpc) is 2.39. The first-order chi connectivity index (χ1) is 9.08. The fourth-order valence-corrected chi connectivity index (χ4v) is 2.42. The molecule has 0 bridgehead atoms. The standard InChI is InChI=1S/C13H8ClN3OS/c14-8-3-1-7(2-4-8)11-9(5-15)12(18)17-13(19)10(11)6-16/h1-4,9,11,16H,(H,17,18,19). The fourth-order valence-electron chi connectivity index (χ4n) is 2.01. The van der Waals surface area contributed by atoms with Gasteiger partial charge in [-0.05, 0) is 23.6 Å². The second-order valence-corrected chi connectivity index (χ2v) is 4.84. The van der Waals surface area contributed by atoms with Gasteiger partial charge in [0.05, 0.1) is 11.6 Å². The Morgan fingerprint density at radius 2 is 2.00 bits per heavy atom. The molecule has 0 saturated carbocycles. The van der Waals surface area contributed by atoms with E-state index in [0.717, 1.165) is 0 Å². The number of hydrogen-bond acceptors (Lipinski definition) is 4. The number of amides is 1. The predicted molar refractivity (Wildman–Crippen MR) is 75.3 cm³/mol. The summed E-state index contributed by atoms with van der Waals surface area (Å²) in [5.74, 6) is 0.264. The minimum atomic E-state index is -0.930. The lowest BCUT2D eigenvalue weighted by atomic mass is 9.78. The molecular formula is C13H8ClN3OS. The van der Waals surface area contributed by atoms with Gasteiger partial charge in [-0.25, -0.2) is 0 Å². The Morgan fingerprint density at radius 1 is 1.37 bits per heavy atom. The summed E-state index contributed by atoms with van der Waals surface area (Å²) >= 11 is 10.8. The van der Waals surface area contributed by atoms with Crippen molar-refractivity contribution in [2.75, 3.05) is 0 Å². The molecule has 4 nitrogen and oxygen atoms in total. The summed E-state index contributed by atoms with van der Waals surface area (Å²) < 4.78 is 0. The number of halogens is 1. The van der Waals surface area contributed by atoms with Crippen LogP contribution in [0, 0.1) is 22.7 Å². The van der Waals surface area contributed by atoms with Gasteiger partial charge in [-0.15, -0.1) is 0 Å². The van der Waals surface area contributed by atoms with Crippen LogP contribution in [0.5, 0.6) is 0 Å². The molecule has 0 aliphatic carbocycles. The van der Waals surface area contributed by atoms with Gasteiger partial charge in [0.25, 0.3) is 0 Å². The monoisotopic (exact) mass is 289 g/mol. The molecule has 1 fully saturated rings. The number of thiocarbonyl (C=S) groups is 1. The third-order valence-corrected chi connectivity index (χ3v) is 3.48. The van der Waals surface area contributed by atoms with Crippen LogP contribution in [0.3, 0.4) is 0 Å². The Morgan fingerprint density at radius 3 is 2.53 bits per heavy atom. The number of nitrogens with one attached hydrogen (secondary N) is 2. The number of rotatable bonds is 1. The van der Waals surface area contributed by atoms with Crippen molar-refractivity contribution < 1.29 is 4.79 Å². The zero-order valence-electron chi connectivity index (χ0n) is 9.61. The molecule has 6 heteroatoms. The molecule has 1 aromatic rings. The van der Waals surface area contributed by atoms with Crippen molar-refractivity contribution in [3.05, 3.63) is 40.4 Å². The number of nitrogens with zero attached hydrogens (tertiary/aromatic N) is 1. The maximum Gasteiger partial charge on any atom is 0.243 e. The highest BCUT2D eigenvalue weighted by Gasteiger charge is 2.39. The Kier molecular flexibility index (Phi) is 3.77. The van der Waals surface area contributed by atoms with Crippen LogP contribution in [-0.4, -0.2) is 16.8 Å². The van der Waals surface area contributed by atoms with E-state index in [2.05, 4.69) is 11.2 Å². The molecule has 2 atom stereocenters. The number of carbonyl (C=O) groups is 1. The van der Waals surface area contributed by atoms with Gasteiger partial charge in [0.15, 0.2) is 0 Å². The first kappa shape index (κ1) is 13.4. The third-order valence-electron chi connectivity index (χ3n) is 2.91. The summed E-state index contributed by atoms with van der Waals surface area (Å²) in [5, 5.41) is 19.5. The van der Waals surface area contributed by atoms with Gasteiger partial charge in [0.2, 0.25) is 5.91 Å². The number of hydrogen-bond donors (Lipinski definition) is 2. The van der Waals surface area contributed by atoms with E-state index in [9.17, 15) is 4.79 Å². The lowest BCUT2D eigenvalue weighted by molar-refractivity contribution is -0.122. The fraction of sp³-hybridized carbons (Fsp3) is 0.154. The molecule has 1 saturated heterocycles. The highest BCUT2D eigenvalue weighted by atomic mass is 35.5. The molecule has 1 amide bonds. The molecule has 19 heavy (non-hydrogen) atoms. The first-order valence-electron chi connectivity index (χ1n) is 5.38. The summed E-state index contributed by atoms with van der Waals surface area (Å²) in [6.07, 6.45) is 0. The molecule has 2 rings (SSSR count). The van der Waals surface area contributed by atoms with Crippen molar-refractivity contribution >= 4 is 40.6 Å².